The summed E-state index contributed by atoms with van der Waals surface area (Å²) in [6.07, 6.45) is -0.681. The molecule has 2 aromatic rings. The molecule has 152 valence electrons. The van der Waals surface area contributed by atoms with Crippen LogP contribution in [0.3, 0.4) is 0 Å². The molecule has 0 saturated heterocycles. The van der Waals surface area contributed by atoms with E-state index in [0.717, 1.165) is 28.3 Å². The van der Waals surface area contributed by atoms with Crippen molar-refractivity contribution in [1.82, 2.24) is 10.4 Å². The van der Waals surface area contributed by atoms with E-state index >= 15 is 0 Å². The summed E-state index contributed by atoms with van der Waals surface area (Å²) in [6.45, 7) is 2.10. The first kappa shape index (κ1) is 20.6. The lowest BCUT2D eigenvalue weighted by Gasteiger charge is -2.20. The molecule has 1 aromatic heterocycles. The van der Waals surface area contributed by atoms with Crippen LogP contribution in [0.1, 0.15) is 23.6 Å². The lowest BCUT2D eigenvalue weighted by molar-refractivity contribution is -0.192. The molecule has 1 spiro atoms. The quantitative estimate of drug-likeness (QED) is 0.685. The Bertz CT molecular complexity index is 982. The number of carboxylic acids is 1. The Hall–Kier alpha value is -3.08. The van der Waals surface area contributed by atoms with Gasteiger partial charge >= 0.3 is 12.1 Å². The summed E-state index contributed by atoms with van der Waals surface area (Å²) in [5.74, 6) is -2.84. The number of alkyl halides is 3. The maximum Gasteiger partial charge on any atom is 0.490 e. The Kier molecular flexibility index (Phi) is 5.51. The molecule has 4 rings (SSSR count). The summed E-state index contributed by atoms with van der Waals surface area (Å²) >= 11 is 1.43. The van der Waals surface area contributed by atoms with E-state index in [9.17, 15) is 18.0 Å². The van der Waals surface area contributed by atoms with E-state index in [0.29, 0.717) is 0 Å². The number of carboxylic acid groups (broad SMARTS) is 1. The van der Waals surface area contributed by atoms with E-state index in [2.05, 4.69) is 33.8 Å². The average Bonchev–Trinajstić information content (AvgIpc) is 3.25. The number of hydrogen-bond donors (Lipinski definition) is 3. The number of aliphatic carboxylic acids is 1. The Morgan fingerprint density at radius 1 is 1.31 bits per heavy atom. The van der Waals surface area contributed by atoms with Gasteiger partial charge in [0.25, 0.3) is 5.91 Å². The lowest BCUT2D eigenvalue weighted by atomic mass is 10.0. The predicted octanol–water partition coefficient (Wildman–Crippen LogP) is 3.08. The molecule has 7 nitrogen and oxygen atoms in total. The number of fused-ring (bicyclic) bond motifs is 2. The van der Waals surface area contributed by atoms with Crippen LogP contribution in [0.2, 0.25) is 0 Å². The standard InChI is InChI=1S/C16H14N4OS.C2HF3O2/c1-2-10-5-6-13-12(8-10)16(15(21)18-13)20-19-14(22-16)11-4-3-7-17-9-11;3-2(4,5)1(6)7/h3-9,20H,2H2,1H3,(H,18,21);(H,6,7). The van der Waals surface area contributed by atoms with Crippen LogP contribution in [-0.2, 0) is 20.9 Å². The Balaban J connectivity index is 0.000000298. The minimum absolute atomic E-state index is 0.0802. The highest BCUT2D eigenvalue weighted by atomic mass is 32.2. The van der Waals surface area contributed by atoms with Crippen LogP contribution in [0.25, 0.3) is 0 Å². The highest BCUT2D eigenvalue weighted by molar-refractivity contribution is 8.16. The van der Waals surface area contributed by atoms with Crippen LogP contribution in [0.5, 0.6) is 0 Å². The van der Waals surface area contributed by atoms with Crippen LogP contribution >= 0.6 is 11.8 Å². The molecular formula is C18H15F3N4O3S. The topological polar surface area (TPSA) is 104 Å². The van der Waals surface area contributed by atoms with Gasteiger partial charge in [0.05, 0.1) is 0 Å². The minimum atomic E-state index is -5.08. The van der Waals surface area contributed by atoms with E-state index in [1.165, 1.54) is 17.3 Å². The van der Waals surface area contributed by atoms with Gasteiger partial charge in [0, 0.05) is 29.2 Å². The van der Waals surface area contributed by atoms with Gasteiger partial charge in [0.2, 0.25) is 4.87 Å². The molecule has 1 unspecified atom stereocenters. The van der Waals surface area contributed by atoms with Crippen molar-refractivity contribution in [3.8, 4) is 0 Å². The fraction of sp³-hybridized carbons (Fsp3) is 0.222. The number of rotatable bonds is 2. The van der Waals surface area contributed by atoms with Crippen LogP contribution in [0.4, 0.5) is 18.9 Å². The summed E-state index contributed by atoms with van der Waals surface area (Å²) in [6, 6.07) is 9.89. The number of thioether (sulfide) groups is 1. The second-order valence-corrected chi connectivity index (χ2v) is 7.25. The number of amides is 1. The predicted molar refractivity (Wildman–Crippen MR) is 101 cm³/mol. The van der Waals surface area contributed by atoms with Gasteiger partial charge < -0.3 is 10.4 Å². The molecule has 0 radical (unpaired) electrons. The van der Waals surface area contributed by atoms with Crippen molar-refractivity contribution in [3.05, 3.63) is 59.4 Å². The summed E-state index contributed by atoms with van der Waals surface area (Å²) in [7, 11) is 0. The van der Waals surface area contributed by atoms with E-state index in [1.807, 2.05) is 24.3 Å². The highest BCUT2D eigenvalue weighted by Crippen LogP contribution is 2.48. The first-order chi connectivity index (χ1) is 13.7. The van der Waals surface area contributed by atoms with Crippen LogP contribution < -0.4 is 10.7 Å². The average molecular weight is 424 g/mol. The number of aryl methyl sites for hydroxylation is 1. The Morgan fingerprint density at radius 3 is 2.62 bits per heavy atom. The van der Waals surface area contributed by atoms with Crippen LogP contribution in [0, 0.1) is 0 Å². The number of carbonyl (C=O) groups is 2. The second-order valence-electron chi connectivity index (χ2n) is 6.04. The number of carbonyl (C=O) groups excluding carboxylic acids is 1. The smallest absolute Gasteiger partial charge is 0.475 e. The molecular weight excluding hydrogens is 409 g/mol. The van der Waals surface area contributed by atoms with Gasteiger partial charge in [0.1, 0.15) is 5.04 Å². The van der Waals surface area contributed by atoms with Crippen LogP contribution in [0.15, 0.2) is 47.8 Å². The third-order valence-electron chi connectivity index (χ3n) is 4.16. The zero-order valence-corrected chi connectivity index (χ0v) is 15.8. The molecule has 3 N–H and O–H groups in total. The number of aromatic nitrogens is 1. The number of hydrogen-bond acceptors (Lipinski definition) is 6. The summed E-state index contributed by atoms with van der Waals surface area (Å²) in [5, 5.41) is 15.2. The van der Waals surface area contributed by atoms with Gasteiger partial charge in [-0.15, -0.1) is 0 Å². The van der Waals surface area contributed by atoms with Crippen LogP contribution in [-0.4, -0.2) is 33.2 Å². The number of hydrazone groups is 1. The normalized spacial score (nSPS) is 19.6. The number of nitrogens with one attached hydrogen (secondary N) is 2. The van der Waals surface area contributed by atoms with E-state index in [4.69, 9.17) is 9.90 Å². The second kappa shape index (κ2) is 7.74. The van der Waals surface area contributed by atoms with E-state index < -0.39 is 17.0 Å². The number of benzene rings is 1. The highest BCUT2D eigenvalue weighted by Gasteiger charge is 2.52. The van der Waals surface area contributed by atoms with Gasteiger partial charge in [0.15, 0.2) is 0 Å². The molecule has 2 aliphatic rings. The van der Waals surface area contributed by atoms with Crippen molar-refractivity contribution in [3.63, 3.8) is 0 Å². The number of pyridine rings is 1. The van der Waals surface area contributed by atoms with Gasteiger partial charge in [-0.2, -0.15) is 18.3 Å². The molecule has 1 amide bonds. The lowest BCUT2D eigenvalue weighted by Crippen LogP contribution is -2.39. The van der Waals surface area contributed by atoms with Crippen molar-refractivity contribution in [2.24, 2.45) is 5.10 Å². The summed E-state index contributed by atoms with van der Waals surface area (Å²) in [5.41, 5.74) is 6.96. The molecule has 11 heteroatoms. The van der Waals surface area contributed by atoms with Gasteiger partial charge in [-0.05, 0) is 36.2 Å². The molecule has 1 aromatic carbocycles. The van der Waals surface area contributed by atoms with Gasteiger partial charge in [-0.3, -0.25) is 15.2 Å². The largest absolute Gasteiger partial charge is 0.490 e. The first-order valence-corrected chi connectivity index (χ1v) is 9.18. The molecule has 0 bridgehead atoms. The number of halogens is 3. The monoisotopic (exact) mass is 424 g/mol. The molecule has 2 aliphatic heterocycles. The summed E-state index contributed by atoms with van der Waals surface area (Å²) in [4.78, 5) is 24.7. The van der Waals surface area contributed by atoms with E-state index in [1.54, 1.807) is 12.4 Å². The minimum Gasteiger partial charge on any atom is -0.475 e. The zero-order valence-electron chi connectivity index (χ0n) is 14.9. The Morgan fingerprint density at radius 2 is 2.03 bits per heavy atom. The van der Waals surface area contributed by atoms with Crippen molar-refractivity contribution < 1.29 is 27.9 Å². The molecule has 1 atom stereocenters. The molecule has 0 fully saturated rings. The van der Waals surface area contributed by atoms with Gasteiger partial charge in [-0.1, -0.05) is 24.8 Å². The molecule has 0 aliphatic carbocycles. The number of anilines is 1. The SMILES string of the molecule is CCc1ccc2c(c1)C1(NN=C(c3cccnc3)S1)C(=O)N2.O=C(O)C(F)(F)F. The van der Waals surface area contributed by atoms with Crippen molar-refractivity contribution in [2.75, 3.05) is 5.32 Å². The Labute approximate surface area is 167 Å². The van der Waals surface area contributed by atoms with Gasteiger partial charge in [-0.25, -0.2) is 4.79 Å². The molecule has 3 heterocycles. The maximum atomic E-state index is 12.5. The summed E-state index contributed by atoms with van der Waals surface area (Å²) < 4.78 is 31.7. The molecule has 0 saturated carbocycles. The maximum absolute atomic E-state index is 12.5. The molecule has 29 heavy (non-hydrogen) atoms. The fourth-order valence-electron chi connectivity index (χ4n) is 2.69. The van der Waals surface area contributed by atoms with E-state index in [-0.39, 0.29) is 5.91 Å². The number of nitrogens with zero attached hydrogens (tertiary/aromatic N) is 2. The third kappa shape index (κ3) is 4.04. The van der Waals surface area contributed by atoms with Crippen molar-refractivity contribution in [1.29, 1.82) is 0 Å². The zero-order chi connectivity index (χ0) is 21.2. The third-order valence-corrected chi connectivity index (χ3v) is 5.48. The van der Waals surface area contributed by atoms with Crippen molar-refractivity contribution >= 4 is 34.4 Å². The van der Waals surface area contributed by atoms with Crippen molar-refractivity contribution in [2.45, 2.75) is 24.4 Å². The first-order valence-electron chi connectivity index (χ1n) is 8.36. The fourth-order valence-corrected chi connectivity index (χ4v) is 3.82.